The molecule has 2 N–H and O–H groups in total. The molecule has 1 aromatic carbocycles. The number of aromatic nitrogens is 1. The average Bonchev–Trinajstić information content (AvgIpc) is 2.78. The number of hydrogen-bond donors (Lipinski definition) is 1. The minimum absolute atomic E-state index is 0.303. The fraction of sp³-hybridized carbons (Fsp3) is 0.480. The predicted molar refractivity (Wildman–Crippen MR) is 129 cm³/mol. The lowest BCUT2D eigenvalue weighted by Crippen LogP contribution is -2.61. The van der Waals surface area contributed by atoms with Crippen molar-refractivity contribution in [3.8, 4) is 0 Å². The van der Waals surface area contributed by atoms with E-state index in [9.17, 15) is 24.5 Å². The van der Waals surface area contributed by atoms with Crippen LogP contribution in [0.2, 0.25) is 5.02 Å². The van der Waals surface area contributed by atoms with E-state index >= 15 is 0 Å². The van der Waals surface area contributed by atoms with E-state index in [1.807, 2.05) is 17.0 Å². The quantitative estimate of drug-likeness (QED) is 0.461. The monoisotopic (exact) mass is 498 g/mol. The summed E-state index contributed by atoms with van der Waals surface area (Å²) in [6, 6.07) is 8.19. The van der Waals surface area contributed by atoms with E-state index in [4.69, 9.17) is 17.3 Å². The van der Waals surface area contributed by atoms with Crippen molar-refractivity contribution in [1.82, 2.24) is 9.47 Å². The third kappa shape index (κ3) is 4.45. The summed E-state index contributed by atoms with van der Waals surface area (Å²) in [5.41, 5.74) is 4.11. The summed E-state index contributed by atoms with van der Waals surface area (Å²) < 4.78 is 0.940. The van der Waals surface area contributed by atoms with Crippen molar-refractivity contribution in [1.29, 1.82) is 0 Å². The SMILES string of the molecule is NC(=O)c1cc([N+](=O)[O-])cn(CC(=O)N(Cc2ccc(Cl)cc2)C23CC4CC(CC(C4)C2)C3)c1=O. The van der Waals surface area contributed by atoms with Crippen LogP contribution in [0.15, 0.2) is 41.3 Å². The number of nitrogens with two attached hydrogens (primary N) is 1. The fourth-order valence-corrected chi connectivity index (χ4v) is 7.06. The lowest BCUT2D eigenvalue weighted by Gasteiger charge is -2.60. The van der Waals surface area contributed by atoms with Gasteiger partial charge in [0.05, 0.1) is 11.1 Å². The maximum absolute atomic E-state index is 13.9. The van der Waals surface area contributed by atoms with Gasteiger partial charge in [0.15, 0.2) is 0 Å². The number of carbonyl (C=O) groups excluding carboxylic acids is 2. The van der Waals surface area contributed by atoms with E-state index < -0.39 is 34.2 Å². The highest BCUT2D eigenvalue weighted by molar-refractivity contribution is 6.30. The number of halogens is 1. The second-order valence-electron chi connectivity index (χ2n) is 10.4. The van der Waals surface area contributed by atoms with Crippen molar-refractivity contribution in [2.75, 3.05) is 0 Å². The summed E-state index contributed by atoms with van der Waals surface area (Å²) in [6.45, 7) is -0.0509. The van der Waals surface area contributed by atoms with Crippen LogP contribution in [0.5, 0.6) is 0 Å². The highest BCUT2D eigenvalue weighted by atomic mass is 35.5. The molecule has 4 aliphatic rings. The van der Waals surface area contributed by atoms with Crippen molar-refractivity contribution in [3.63, 3.8) is 0 Å². The number of pyridine rings is 1. The molecular weight excluding hydrogens is 472 g/mol. The zero-order chi connectivity index (χ0) is 24.9. The van der Waals surface area contributed by atoms with Crippen LogP contribution < -0.4 is 11.3 Å². The molecule has 9 nitrogen and oxygen atoms in total. The molecule has 4 aliphatic carbocycles. The molecule has 1 aromatic heterocycles. The zero-order valence-electron chi connectivity index (χ0n) is 19.2. The minimum atomic E-state index is -1.07. The van der Waals surface area contributed by atoms with Gasteiger partial charge < -0.3 is 10.6 Å². The molecular formula is C25H27ClN4O5. The second-order valence-corrected chi connectivity index (χ2v) is 10.9. The van der Waals surface area contributed by atoms with Crippen LogP contribution >= 0.6 is 11.6 Å². The minimum Gasteiger partial charge on any atom is -0.365 e. The molecule has 4 bridgehead atoms. The summed E-state index contributed by atoms with van der Waals surface area (Å²) in [5.74, 6) is 0.384. The van der Waals surface area contributed by atoms with Gasteiger partial charge in [-0.2, -0.15) is 0 Å². The van der Waals surface area contributed by atoms with E-state index in [2.05, 4.69) is 0 Å². The average molecular weight is 499 g/mol. The van der Waals surface area contributed by atoms with Gasteiger partial charge in [0.2, 0.25) is 5.91 Å². The first-order chi connectivity index (χ1) is 16.6. The topological polar surface area (TPSA) is 129 Å². The van der Waals surface area contributed by atoms with E-state index in [1.165, 1.54) is 19.3 Å². The molecule has 0 spiro atoms. The van der Waals surface area contributed by atoms with Crippen LogP contribution in [-0.4, -0.2) is 31.7 Å². The molecule has 1 heterocycles. The standard InChI is InChI=1S/C25H27ClN4O5/c26-19-3-1-15(2-4-19)12-29(25-9-16-5-17(10-25)7-18(6-16)11-25)22(31)14-28-13-20(30(34)35)8-21(23(27)32)24(28)33/h1-4,8,13,16-18H,5-7,9-12,14H2,(H2,27,32). The van der Waals surface area contributed by atoms with E-state index in [-0.39, 0.29) is 11.4 Å². The van der Waals surface area contributed by atoms with Gasteiger partial charge in [0.25, 0.3) is 17.2 Å². The highest BCUT2D eigenvalue weighted by Gasteiger charge is 2.54. The number of carbonyl (C=O) groups is 2. The Morgan fingerprint density at radius 3 is 2.20 bits per heavy atom. The summed E-state index contributed by atoms with van der Waals surface area (Å²) >= 11 is 6.06. The maximum Gasteiger partial charge on any atom is 0.286 e. The Labute approximate surface area is 207 Å². The Hall–Kier alpha value is -3.20. The molecule has 184 valence electrons. The van der Waals surface area contributed by atoms with Crippen LogP contribution in [0.1, 0.15) is 54.4 Å². The number of benzene rings is 1. The first kappa shape index (κ1) is 23.5. The first-order valence-electron chi connectivity index (χ1n) is 11.9. The van der Waals surface area contributed by atoms with Crippen molar-refractivity contribution < 1.29 is 14.5 Å². The molecule has 4 saturated carbocycles. The lowest BCUT2D eigenvalue weighted by atomic mass is 9.52. The Balaban J connectivity index is 1.52. The van der Waals surface area contributed by atoms with Crippen LogP contribution in [0, 0.1) is 27.9 Å². The van der Waals surface area contributed by atoms with Gasteiger partial charge in [0, 0.05) is 23.2 Å². The van der Waals surface area contributed by atoms with E-state index in [1.54, 1.807) is 12.1 Å². The van der Waals surface area contributed by atoms with Gasteiger partial charge in [0.1, 0.15) is 12.1 Å². The van der Waals surface area contributed by atoms with Gasteiger partial charge in [-0.25, -0.2) is 0 Å². The second kappa shape index (κ2) is 8.78. The molecule has 4 fully saturated rings. The van der Waals surface area contributed by atoms with Crippen molar-refractivity contribution in [2.45, 2.75) is 57.2 Å². The number of rotatable bonds is 7. The third-order valence-electron chi connectivity index (χ3n) is 7.99. The van der Waals surface area contributed by atoms with Gasteiger partial charge in [-0.15, -0.1) is 0 Å². The van der Waals surface area contributed by atoms with Gasteiger partial charge in [-0.1, -0.05) is 23.7 Å². The van der Waals surface area contributed by atoms with Gasteiger partial charge in [-0.3, -0.25) is 29.1 Å². The number of nitro groups is 1. The van der Waals surface area contributed by atoms with Gasteiger partial charge in [-0.05, 0) is 74.0 Å². The Bertz CT molecular complexity index is 1220. The van der Waals surface area contributed by atoms with Crippen LogP contribution in [-0.2, 0) is 17.9 Å². The van der Waals surface area contributed by atoms with Crippen LogP contribution in [0.3, 0.4) is 0 Å². The maximum atomic E-state index is 13.9. The number of primary amides is 1. The molecule has 35 heavy (non-hydrogen) atoms. The Morgan fingerprint density at radius 2 is 1.69 bits per heavy atom. The smallest absolute Gasteiger partial charge is 0.286 e. The summed E-state index contributed by atoms with van der Waals surface area (Å²) in [6.07, 6.45) is 7.39. The molecule has 0 unspecified atom stereocenters. The predicted octanol–water partition coefficient (Wildman–Crippen LogP) is 3.51. The number of nitrogens with zero attached hydrogens (tertiary/aromatic N) is 3. The molecule has 2 amide bonds. The first-order valence-corrected chi connectivity index (χ1v) is 12.2. The summed E-state index contributed by atoms with van der Waals surface area (Å²) in [7, 11) is 0. The normalized spacial score (nSPS) is 26.5. The van der Waals surface area contributed by atoms with Crippen LogP contribution in [0.4, 0.5) is 5.69 Å². The molecule has 6 rings (SSSR count). The number of hydrogen-bond acceptors (Lipinski definition) is 5. The summed E-state index contributed by atoms with van der Waals surface area (Å²) in [5, 5.41) is 12.0. The molecule has 2 aromatic rings. The number of amides is 2. The van der Waals surface area contributed by atoms with E-state index in [0.29, 0.717) is 29.3 Å². The molecule has 0 aliphatic heterocycles. The zero-order valence-corrected chi connectivity index (χ0v) is 19.9. The highest BCUT2D eigenvalue weighted by Crippen LogP contribution is 2.58. The molecule has 10 heteroatoms. The molecule has 0 saturated heterocycles. The Kier molecular flexibility index (Phi) is 5.91. The van der Waals surface area contributed by atoms with Crippen LogP contribution in [0.25, 0.3) is 0 Å². The largest absolute Gasteiger partial charge is 0.365 e. The van der Waals surface area contributed by atoms with Crippen molar-refractivity contribution in [2.24, 2.45) is 23.5 Å². The van der Waals surface area contributed by atoms with Gasteiger partial charge >= 0.3 is 0 Å². The van der Waals surface area contributed by atoms with E-state index in [0.717, 1.165) is 41.7 Å². The van der Waals surface area contributed by atoms with Crippen molar-refractivity contribution >= 4 is 29.1 Å². The van der Waals surface area contributed by atoms with Crippen molar-refractivity contribution in [3.05, 3.63) is 73.1 Å². The fourth-order valence-electron chi connectivity index (χ4n) is 6.93. The Morgan fingerprint density at radius 1 is 1.11 bits per heavy atom. The molecule has 0 radical (unpaired) electrons. The third-order valence-corrected chi connectivity index (χ3v) is 8.24. The summed E-state index contributed by atoms with van der Waals surface area (Å²) in [4.78, 5) is 51.0. The lowest BCUT2D eigenvalue weighted by molar-refractivity contribution is -0.385. The molecule has 0 atom stereocenters.